The van der Waals surface area contributed by atoms with Crippen LogP contribution in [0.25, 0.3) is 11.1 Å². The average Bonchev–Trinajstić information content (AvgIpc) is 2.53. The number of hydrogen-bond acceptors (Lipinski definition) is 4. The minimum absolute atomic E-state index is 0.346. The van der Waals surface area contributed by atoms with E-state index in [1.54, 1.807) is 12.1 Å². The van der Waals surface area contributed by atoms with Gasteiger partial charge in [0.25, 0.3) is 0 Å². The van der Waals surface area contributed by atoms with E-state index in [1.807, 2.05) is 0 Å². The second kappa shape index (κ2) is 6.26. The molecule has 0 amide bonds. The zero-order chi connectivity index (χ0) is 15.4. The highest BCUT2D eigenvalue weighted by Crippen LogP contribution is 2.42. The number of methoxy groups -OCH3 is 3. The number of aldehydes is 1. The van der Waals surface area contributed by atoms with Crippen LogP contribution in [0, 0.1) is 5.82 Å². The lowest BCUT2D eigenvalue weighted by Crippen LogP contribution is -1.98. The van der Waals surface area contributed by atoms with Gasteiger partial charge in [0.2, 0.25) is 0 Å². The van der Waals surface area contributed by atoms with Crippen molar-refractivity contribution in [3.05, 3.63) is 41.7 Å². The SMILES string of the molecule is COc1cc(OC)c(-c2cc(F)ccc2C=O)c(OC)c1. The van der Waals surface area contributed by atoms with Crippen LogP contribution in [0.4, 0.5) is 4.39 Å². The van der Waals surface area contributed by atoms with Gasteiger partial charge in [0, 0.05) is 23.3 Å². The number of hydrogen-bond donors (Lipinski definition) is 0. The van der Waals surface area contributed by atoms with Crippen LogP contribution in [0.3, 0.4) is 0 Å². The Hall–Kier alpha value is -2.56. The Kier molecular flexibility index (Phi) is 4.42. The van der Waals surface area contributed by atoms with Gasteiger partial charge in [-0.1, -0.05) is 0 Å². The van der Waals surface area contributed by atoms with E-state index in [-0.39, 0.29) is 0 Å². The van der Waals surface area contributed by atoms with E-state index in [9.17, 15) is 9.18 Å². The van der Waals surface area contributed by atoms with E-state index in [4.69, 9.17) is 14.2 Å². The lowest BCUT2D eigenvalue weighted by molar-refractivity contribution is 0.112. The number of benzene rings is 2. The molecule has 0 heterocycles. The van der Waals surface area contributed by atoms with Crippen LogP contribution in [0.1, 0.15) is 10.4 Å². The van der Waals surface area contributed by atoms with Gasteiger partial charge in [-0.15, -0.1) is 0 Å². The molecule has 0 aliphatic rings. The maximum atomic E-state index is 13.6. The van der Waals surface area contributed by atoms with Crippen molar-refractivity contribution in [2.75, 3.05) is 21.3 Å². The van der Waals surface area contributed by atoms with Crippen molar-refractivity contribution in [1.29, 1.82) is 0 Å². The number of halogens is 1. The summed E-state index contributed by atoms with van der Waals surface area (Å²) in [5.74, 6) is 0.951. The summed E-state index contributed by atoms with van der Waals surface area (Å²) in [6, 6.07) is 7.22. The van der Waals surface area contributed by atoms with Gasteiger partial charge in [-0.25, -0.2) is 4.39 Å². The topological polar surface area (TPSA) is 44.8 Å². The molecule has 0 fully saturated rings. The van der Waals surface area contributed by atoms with E-state index in [0.29, 0.717) is 40.2 Å². The molecule has 0 saturated carbocycles. The van der Waals surface area contributed by atoms with Crippen molar-refractivity contribution >= 4 is 6.29 Å². The van der Waals surface area contributed by atoms with Gasteiger partial charge in [-0.2, -0.15) is 0 Å². The number of carbonyl (C=O) groups is 1. The summed E-state index contributed by atoms with van der Waals surface area (Å²) in [5.41, 5.74) is 1.25. The Morgan fingerprint density at radius 1 is 0.952 bits per heavy atom. The lowest BCUT2D eigenvalue weighted by Gasteiger charge is -2.16. The molecule has 2 aromatic rings. The molecule has 0 aromatic heterocycles. The third-order valence-corrected chi connectivity index (χ3v) is 3.13. The molecule has 21 heavy (non-hydrogen) atoms. The summed E-state index contributed by atoms with van der Waals surface area (Å²) in [6.07, 6.45) is 0.665. The van der Waals surface area contributed by atoms with E-state index >= 15 is 0 Å². The summed E-state index contributed by atoms with van der Waals surface area (Å²) in [4.78, 5) is 11.2. The summed E-state index contributed by atoms with van der Waals surface area (Å²) in [5, 5.41) is 0. The normalized spacial score (nSPS) is 10.1. The zero-order valence-electron chi connectivity index (χ0n) is 12.0. The van der Waals surface area contributed by atoms with Crippen LogP contribution in [0.2, 0.25) is 0 Å². The molecule has 0 unspecified atom stereocenters. The van der Waals surface area contributed by atoms with Crippen molar-refractivity contribution in [2.45, 2.75) is 0 Å². The van der Waals surface area contributed by atoms with Crippen molar-refractivity contribution in [3.8, 4) is 28.4 Å². The molecule has 0 N–H and O–H groups in total. The Morgan fingerprint density at radius 3 is 2.05 bits per heavy atom. The quantitative estimate of drug-likeness (QED) is 0.792. The van der Waals surface area contributed by atoms with E-state index in [0.717, 1.165) is 0 Å². The average molecular weight is 290 g/mol. The maximum Gasteiger partial charge on any atom is 0.150 e. The first-order chi connectivity index (χ1) is 10.1. The van der Waals surface area contributed by atoms with E-state index < -0.39 is 5.82 Å². The summed E-state index contributed by atoms with van der Waals surface area (Å²) in [7, 11) is 4.49. The Bertz CT molecular complexity index is 642. The maximum absolute atomic E-state index is 13.6. The fraction of sp³-hybridized carbons (Fsp3) is 0.188. The van der Waals surface area contributed by atoms with Crippen LogP contribution in [-0.2, 0) is 0 Å². The van der Waals surface area contributed by atoms with E-state index in [1.165, 1.54) is 39.5 Å². The Morgan fingerprint density at radius 2 is 1.57 bits per heavy atom. The molecule has 0 radical (unpaired) electrons. The summed E-state index contributed by atoms with van der Waals surface area (Å²) in [6.45, 7) is 0. The fourth-order valence-corrected chi connectivity index (χ4v) is 2.12. The van der Waals surface area contributed by atoms with Gasteiger partial charge in [0.15, 0.2) is 6.29 Å². The van der Waals surface area contributed by atoms with Gasteiger partial charge >= 0.3 is 0 Å². The Balaban J connectivity index is 2.78. The molecule has 0 spiro atoms. The summed E-state index contributed by atoms with van der Waals surface area (Å²) >= 11 is 0. The van der Waals surface area contributed by atoms with Crippen molar-refractivity contribution in [2.24, 2.45) is 0 Å². The van der Waals surface area contributed by atoms with Gasteiger partial charge in [-0.3, -0.25) is 4.79 Å². The van der Waals surface area contributed by atoms with Crippen LogP contribution in [-0.4, -0.2) is 27.6 Å². The van der Waals surface area contributed by atoms with Crippen molar-refractivity contribution in [3.63, 3.8) is 0 Å². The zero-order valence-corrected chi connectivity index (χ0v) is 12.0. The third-order valence-electron chi connectivity index (χ3n) is 3.13. The molecule has 0 aliphatic heterocycles. The first-order valence-corrected chi connectivity index (χ1v) is 6.19. The molecule has 0 bridgehead atoms. The fourth-order valence-electron chi connectivity index (χ4n) is 2.12. The van der Waals surface area contributed by atoms with Crippen LogP contribution in [0.15, 0.2) is 30.3 Å². The van der Waals surface area contributed by atoms with Gasteiger partial charge < -0.3 is 14.2 Å². The van der Waals surface area contributed by atoms with Gasteiger partial charge in [0.05, 0.1) is 26.9 Å². The molecule has 0 atom stereocenters. The highest BCUT2D eigenvalue weighted by atomic mass is 19.1. The monoisotopic (exact) mass is 290 g/mol. The van der Waals surface area contributed by atoms with Crippen LogP contribution in [0.5, 0.6) is 17.2 Å². The standard InChI is InChI=1S/C16H15FO4/c1-19-12-7-14(20-2)16(15(8-12)21-3)13-6-11(17)5-4-10(13)9-18/h4-9H,1-3H3. The van der Waals surface area contributed by atoms with Crippen LogP contribution < -0.4 is 14.2 Å². The first kappa shape index (κ1) is 14.8. The lowest BCUT2D eigenvalue weighted by atomic mass is 9.98. The smallest absolute Gasteiger partial charge is 0.150 e. The molecule has 2 rings (SSSR count). The molecule has 5 heteroatoms. The largest absolute Gasteiger partial charge is 0.496 e. The number of carbonyl (C=O) groups excluding carboxylic acids is 1. The minimum atomic E-state index is -0.449. The molecule has 0 aliphatic carbocycles. The van der Waals surface area contributed by atoms with Crippen molar-refractivity contribution in [1.82, 2.24) is 0 Å². The highest BCUT2D eigenvalue weighted by Gasteiger charge is 2.18. The third kappa shape index (κ3) is 2.81. The van der Waals surface area contributed by atoms with Crippen molar-refractivity contribution < 1.29 is 23.4 Å². The predicted octanol–water partition coefficient (Wildman–Crippen LogP) is 3.33. The highest BCUT2D eigenvalue weighted by molar-refractivity contribution is 5.91. The molecule has 110 valence electrons. The molecule has 4 nitrogen and oxygen atoms in total. The van der Waals surface area contributed by atoms with Gasteiger partial charge in [0.1, 0.15) is 23.1 Å². The second-order valence-electron chi connectivity index (χ2n) is 4.26. The molecule has 2 aromatic carbocycles. The molecular formula is C16H15FO4. The van der Waals surface area contributed by atoms with E-state index in [2.05, 4.69) is 0 Å². The molecule has 0 saturated heterocycles. The Labute approximate surface area is 122 Å². The number of rotatable bonds is 5. The molecular weight excluding hydrogens is 275 g/mol. The minimum Gasteiger partial charge on any atom is -0.496 e. The predicted molar refractivity (Wildman–Crippen MR) is 76.9 cm³/mol. The van der Waals surface area contributed by atoms with Gasteiger partial charge in [-0.05, 0) is 18.2 Å². The summed E-state index contributed by atoms with van der Waals surface area (Å²) < 4.78 is 29.4. The number of ether oxygens (including phenoxy) is 3. The van der Waals surface area contributed by atoms with Crippen LogP contribution >= 0.6 is 0 Å². The first-order valence-electron chi connectivity index (χ1n) is 6.19. The second-order valence-corrected chi connectivity index (χ2v) is 4.26.